The summed E-state index contributed by atoms with van der Waals surface area (Å²) in [6.07, 6.45) is 4.51. The number of anilines is 5. The number of amides is 1. The number of hydrogen-bond acceptors (Lipinski definition) is 9. The summed E-state index contributed by atoms with van der Waals surface area (Å²) in [5.41, 5.74) is 3.10. The lowest BCUT2D eigenvalue weighted by atomic mass is 9.90. The molecule has 0 atom stereocenters. The summed E-state index contributed by atoms with van der Waals surface area (Å²) in [6, 6.07) is 9.17. The average Bonchev–Trinajstić information content (AvgIpc) is 2.91. The number of pyridine rings is 2. The van der Waals surface area contributed by atoms with Gasteiger partial charge in [0.1, 0.15) is 17.9 Å². The molecule has 4 heterocycles. The van der Waals surface area contributed by atoms with E-state index in [1.54, 1.807) is 12.3 Å². The first-order valence-electron chi connectivity index (χ1n) is 13.1. The molecule has 0 unspecified atom stereocenters. The van der Waals surface area contributed by atoms with Crippen LogP contribution in [0.2, 0.25) is 0 Å². The molecule has 39 heavy (non-hydrogen) atoms. The van der Waals surface area contributed by atoms with E-state index in [2.05, 4.69) is 30.8 Å². The molecule has 0 spiro atoms. The number of H-pyrrole nitrogens is 1. The monoisotopic (exact) mass is 533 g/mol. The van der Waals surface area contributed by atoms with Crippen molar-refractivity contribution in [1.82, 2.24) is 14.9 Å². The van der Waals surface area contributed by atoms with Crippen LogP contribution in [0.3, 0.4) is 0 Å². The van der Waals surface area contributed by atoms with Crippen molar-refractivity contribution in [3.63, 3.8) is 0 Å². The Morgan fingerprint density at radius 1 is 1.18 bits per heavy atom. The third-order valence-corrected chi connectivity index (χ3v) is 7.20. The first-order chi connectivity index (χ1) is 18.7. The SMILES string of the molecule is Cc1c(Nc2cc[nH]c(=O)c2C(=O)Nc2ccc(N3CCC(O)(CN(C)C)CC3)cc2)cnc2c1NCCO2. The van der Waals surface area contributed by atoms with Gasteiger partial charge in [0.15, 0.2) is 0 Å². The molecule has 11 nitrogen and oxygen atoms in total. The number of hydrogen-bond donors (Lipinski definition) is 5. The van der Waals surface area contributed by atoms with Crippen molar-refractivity contribution in [2.75, 3.05) is 67.7 Å². The van der Waals surface area contributed by atoms with Crippen LogP contribution in [0, 0.1) is 6.92 Å². The number of carbonyl (C=O) groups excluding carboxylic acids is 1. The highest BCUT2D eigenvalue weighted by Gasteiger charge is 2.32. The molecule has 1 amide bonds. The number of piperidine rings is 1. The smallest absolute Gasteiger partial charge is 0.263 e. The number of benzene rings is 1. The predicted octanol–water partition coefficient (Wildman–Crippen LogP) is 2.77. The van der Waals surface area contributed by atoms with Crippen LogP contribution in [0.5, 0.6) is 5.88 Å². The van der Waals surface area contributed by atoms with Crippen molar-refractivity contribution in [3.05, 3.63) is 64.2 Å². The Balaban J connectivity index is 1.28. The molecule has 0 bridgehead atoms. The maximum atomic E-state index is 13.2. The van der Waals surface area contributed by atoms with Crippen LogP contribution in [0.25, 0.3) is 0 Å². The number of rotatable bonds is 7. The molecular formula is C28H35N7O4. The molecule has 1 saturated heterocycles. The Morgan fingerprint density at radius 3 is 2.64 bits per heavy atom. The van der Waals surface area contributed by atoms with Gasteiger partial charge in [0, 0.05) is 49.3 Å². The van der Waals surface area contributed by atoms with Gasteiger partial charge in [-0.05, 0) is 64.2 Å². The second kappa shape index (κ2) is 11.0. The molecule has 0 aliphatic carbocycles. The Hall–Kier alpha value is -4.09. The minimum absolute atomic E-state index is 0.0286. The van der Waals surface area contributed by atoms with Crippen LogP contribution in [0.4, 0.5) is 28.4 Å². The Morgan fingerprint density at radius 2 is 1.92 bits per heavy atom. The fraction of sp³-hybridized carbons (Fsp3) is 0.393. The molecule has 2 aromatic heterocycles. The number of likely N-dealkylation sites (N-methyl/N-ethyl adjacent to an activating group) is 1. The molecule has 5 rings (SSSR count). The fourth-order valence-electron chi connectivity index (χ4n) is 5.18. The molecule has 11 heteroatoms. The highest BCUT2D eigenvalue weighted by atomic mass is 16.5. The minimum atomic E-state index is -0.666. The van der Waals surface area contributed by atoms with Crippen molar-refractivity contribution >= 4 is 34.3 Å². The van der Waals surface area contributed by atoms with E-state index in [9.17, 15) is 14.7 Å². The quantitative estimate of drug-likeness (QED) is 0.311. The van der Waals surface area contributed by atoms with Crippen LogP contribution < -0.4 is 31.1 Å². The maximum Gasteiger partial charge on any atom is 0.263 e. The van der Waals surface area contributed by atoms with Crippen molar-refractivity contribution in [1.29, 1.82) is 0 Å². The number of nitrogens with zero attached hydrogens (tertiary/aromatic N) is 3. The second-order valence-electron chi connectivity index (χ2n) is 10.4. The van der Waals surface area contributed by atoms with E-state index < -0.39 is 17.1 Å². The van der Waals surface area contributed by atoms with Gasteiger partial charge in [-0.15, -0.1) is 0 Å². The van der Waals surface area contributed by atoms with Gasteiger partial charge >= 0.3 is 0 Å². The summed E-state index contributed by atoms with van der Waals surface area (Å²) < 4.78 is 5.59. The number of nitrogens with one attached hydrogen (secondary N) is 4. The zero-order chi connectivity index (χ0) is 27.6. The third kappa shape index (κ3) is 5.84. The molecule has 5 N–H and O–H groups in total. The normalized spacial score (nSPS) is 16.2. The van der Waals surface area contributed by atoms with Crippen molar-refractivity contribution in [2.45, 2.75) is 25.4 Å². The van der Waals surface area contributed by atoms with Gasteiger partial charge in [0.25, 0.3) is 11.5 Å². The van der Waals surface area contributed by atoms with Crippen LogP contribution in [-0.4, -0.2) is 78.4 Å². The first-order valence-corrected chi connectivity index (χ1v) is 13.1. The number of fused-ring (bicyclic) bond motifs is 1. The van der Waals surface area contributed by atoms with E-state index >= 15 is 0 Å². The number of ether oxygens (including phenoxy) is 1. The Bertz CT molecular complexity index is 1400. The highest BCUT2D eigenvalue weighted by Crippen LogP contribution is 2.34. The number of carbonyl (C=O) groups is 1. The van der Waals surface area contributed by atoms with Gasteiger partial charge in [-0.2, -0.15) is 0 Å². The second-order valence-corrected chi connectivity index (χ2v) is 10.4. The maximum absolute atomic E-state index is 13.2. The van der Waals surface area contributed by atoms with Gasteiger partial charge in [-0.1, -0.05) is 0 Å². The standard InChI is InChI=1S/C28H35N7O4/c1-18-22(16-31-27-24(18)29-12-15-39-27)33-21-8-11-30-25(36)23(21)26(37)32-19-4-6-20(7-5-19)35-13-9-28(38,10-14-35)17-34(2)3/h4-8,11,16,29,38H,9-10,12-15,17H2,1-3H3,(H,32,37)(H2,30,33,36). The summed E-state index contributed by atoms with van der Waals surface area (Å²) >= 11 is 0. The predicted molar refractivity (Wildman–Crippen MR) is 153 cm³/mol. The zero-order valence-electron chi connectivity index (χ0n) is 22.5. The summed E-state index contributed by atoms with van der Waals surface area (Å²) in [4.78, 5) is 37.2. The molecule has 206 valence electrons. The van der Waals surface area contributed by atoms with E-state index in [1.165, 1.54) is 6.20 Å². The van der Waals surface area contributed by atoms with Gasteiger partial charge in [-0.25, -0.2) is 4.98 Å². The van der Waals surface area contributed by atoms with E-state index in [0.29, 0.717) is 55.5 Å². The average molecular weight is 534 g/mol. The van der Waals surface area contributed by atoms with Gasteiger partial charge in [0.2, 0.25) is 5.88 Å². The molecular weight excluding hydrogens is 498 g/mol. The third-order valence-electron chi connectivity index (χ3n) is 7.20. The first kappa shape index (κ1) is 26.5. The van der Waals surface area contributed by atoms with Crippen molar-refractivity contribution in [3.8, 4) is 5.88 Å². The lowest BCUT2D eigenvalue weighted by Crippen LogP contribution is -2.49. The number of aromatic amines is 1. The van der Waals surface area contributed by atoms with Gasteiger partial charge < -0.3 is 40.6 Å². The van der Waals surface area contributed by atoms with Crippen molar-refractivity contribution < 1.29 is 14.6 Å². The lowest BCUT2D eigenvalue weighted by Gasteiger charge is -2.40. The summed E-state index contributed by atoms with van der Waals surface area (Å²) in [5, 5.41) is 20.1. The van der Waals surface area contributed by atoms with Gasteiger partial charge in [0.05, 0.1) is 23.2 Å². The molecule has 1 fully saturated rings. The molecule has 3 aromatic rings. The molecule has 1 aromatic carbocycles. The number of aliphatic hydroxyl groups is 1. The van der Waals surface area contributed by atoms with Crippen LogP contribution >= 0.6 is 0 Å². The van der Waals surface area contributed by atoms with Crippen molar-refractivity contribution in [2.24, 2.45) is 0 Å². The largest absolute Gasteiger partial charge is 0.474 e. The molecule has 0 saturated carbocycles. The van der Waals surface area contributed by atoms with Crippen LogP contribution in [-0.2, 0) is 0 Å². The summed E-state index contributed by atoms with van der Waals surface area (Å²) in [6.45, 7) is 5.29. The van der Waals surface area contributed by atoms with E-state index in [1.807, 2.05) is 50.2 Å². The summed E-state index contributed by atoms with van der Waals surface area (Å²) in [5.74, 6) is 0.00859. The van der Waals surface area contributed by atoms with E-state index in [0.717, 1.165) is 30.0 Å². The Kier molecular flexibility index (Phi) is 7.45. The fourth-order valence-corrected chi connectivity index (χ4v) is 5.18. The van der Waals surface area contributed by atoms with Crippen LogP contribution in [0.1, 0.15) is 28.8 Å². The topological polar surface area (TPSA) is 135 Å². The zero-order valence-corrected chi connectivity index (χ0v) is 22.5. The van der Waals surface area contributed by atoms with Crippen LogP contribution in [0.15, 0.2) is 47.5 Å². The summed E-state index contributed by atoms with van der Waals surface area (Å²) in [7, 11) is 3.94. The highest BCUT2D eigenvalue weighted by molar-refractivity contribution is 6.08. The lowest BCUT2D eigenvalue weighted by molar-refractivity contribution is -0.00538. The van der Waals surface area contributed by atoms with E-state index in [4.69, 9.17) is 4.74 Å². The minimum Gasteiger partial charge on any atom is -0.474 e. The molecule has 2 aliphatic heterocycles. The van der Waals surface area contributed by atoms with E-state index in [-0.39, 0.29) is 5.56 Å². The number of aromatic nitrogens is 2. The molecule has 2 aliphatic rings. The van der Waals surface area contributed by atoms with Gasteiger partial charge in [-0.3, -0.25) is 9.59 Å². The Labute approximate surface area is 227 Å². The molecule has 0 radical (unpaired) electrons.